The zero-order valence-corrected chi connectivity index (χ0v) is 19.0. The predicted octanol–water partition coefficient (Wildman–Crippen LogP) is 6.36. The van der Waals surface area contributed by atoms with Crippen molar-refractivity contribution in [1.29, 1.82) is 0 Å². The Labute approximate surface area is 183 Å². The van der Waals surface area contributed by atoms with Gasteiger partial charge in [0.05, 0.1) is 12.8 Å². The number of unbranched alkanes of at least 4 members (excludes halogenated alkanes) is 2. The largest absolute Gasteiger partial charge is 0.494 e. The summed E-state index contributed by atoms with van der Waals surface area (Å²) in [4.78, 5) is 0. The lowest BCUT2D eigenvalue weighted by atomic mass is 9.87. The minimum absolute atomic E-state index is 0.104. The summed E-state index contributed by atoms with van der Waals surface area (Å²) in [6, 6.07) is 16.3. The maximum Gasteiger partial charge on any atom is 0.216 e. The van der Waals surface area contributed by atoms with Crippen LogP contribution in [0, 0.1) is 4.77 Å². The molecule has 30 heavy (non-hydrogen) atoms. The van der Waals surface area contributed by atoms with Gasteiger partial charge < -0.3 is 4.74 Å². The molecule has 0 amide bonds. The quantitative estimate of drug-likeness (QED) is 0.261. The number of benzene rings is 2. The summed E-state index contributed by atoms with van der Waals surface area (Å²) in [5, 5.41) is 11.8. The van der Waals surface area contributed by atoms with Crippen molar-refractivity contribution < 1.29 is 4.74 Å². The number of hydrogen-bond donors (Lipinski definition) is 1. The molecule has 0 spiro atoms. The molecule has 0 aliphatic rings. The molecule has 1 aromatic heterocycles. The molecule has 0 bridgehead atoms. The lowest BCUT2D eigenvalue weighted by Gasteiger charge is -2.18. The number of H-pyrrole nitrogens is 1. The van der Waals surface area contributed by atoms with E-state index in [9.17, 15) is 0 Å². The van der Waals surface area contributed by atoms with E-state index in [4.69, 9.17) is 17.0 Å². The predicted molar refractivity (Wildman–Crippen MR) is 126 cm³/mol. The lowest BCUT2D eigenvalue weighted by molar-refractivity contribution is 0.306. The molecule has 1 heterocycles. The first-order valence-electron chi connectivity index (χ1n) is 10.4. The smallest absolute Gasteiger partial charge is 0.216 e. The van der Waals surface area contributed by atoms with Crippen molar-refractivity contribution in [3.8, 4) is 17.1 Å². The Bertz CT molecular complexity index is 1020. The number of aromatic amines is 1. The molecular weight excluding hydrogens is 392 g/mol. The zero-order chi connectivity index (χ0) is 21.6. The minimum atomic E-state index is 0.104. The van der Waals surface area contributed by atoms with Gasteiger partial charge in [-0.3, -0.25) is 0 Å². The van der Waals surface area contributed by atoms with E-state index in [1.165, 1.54) is 18.4 Å². The molecule has 0 aliphatic heterocycles. The highest BCUT2D eigenvalue weighted by Crippen LogP contribution is 2.25. The molecule has 3 rings (SSSR count). The average Bonchev–Trinajstić information content (AvgIpc) is 3.10. The van der Waals surface area contributed by atoms with Gasteiger partial charge in [0.15, 0.2) is 5.82 Å². The molecule has 0 atom stereocenters. The van der Waals surface area contributed by atoms with Gasteiger partial charge in [0.1, 0.15) is 5.75 Å². The molecule has 0 saturated heterocycles. The van der Waals surface area contributed by atoms with E-state index in [0.29, 0.717) is 10.6 Å². The fourth-order valence-corrected chi connectivity index (χ4v) is 3.20. The van der Waals surface area contributed by atoms with Crippen LogP contribution in [0.1, 0.15) is 58.1 Å². The summed E-state index contributed by atoms with van der Waals surface area (Å²) in [6.45, 7) is 9.53. The van der Waals surface area contributed by atoms with E-state index < -0.39 is 0 Å². The highest BCUT2D eigenvalue weighted by atomic mass is 32.1. The Kier molecular flexibility index (Phi) is 7.21. The Morgan fingerprint density at radius 1 is 1.07 bits per heavy atom. The Balaban J connectivity index is 1.74. The minimum Gasteiger partial charge on any atom is -0.494 e. The maximum absolute atomic E-state index is 5.76. The van der Waals surface area contributed by atoms with Crippen LogP contribution in [0.3, 0.4) is 0 Å². The van der Waals surface area contributed by atoms with Gasteiger partial charge in [-0.2, -0.15) is 14.9 Å². The highest BCUT2D eigenvalue weighted by Gasteiger charge is 2.14. The number of aromatic nitrogens is 3. The molecule has 6 heteroatoms. The van der Waals surface area contributed by atoms with Crippen molar-refractivity contribution in [3.05, 3.63) is 64.4 Å². The third kappa shape index (κ3) is 5.66. The number of rotatable bonds is 8. The molecule has 0 unspecified atom stereocenters. The Hall–Kier alpha value is -2.73. The Morgan fingerprint density at radius 3 is 2.40 bits per heavy atom. The van der Waals surface area contributed by atoms with Crippen molar-refractivity contribution in [2.75, 3.05) is 6.61 Å². The lowest BCUT2D eigenvalue weighted by Crippen LogP contribution is -2.10. The normalized spacial score (nSPS) is 11.9. The van der Waals surface area contributed by atoms with Crippen LogP contribution in [0.25, 0.3) is 11.4 Å². The monoisotopic (exact) mass is 422 g/mol. The van der Waals surface area contributed by atoms with Crippen LogP contribution in [0.15, 0.2) is 53.6 Å². The zero-order valence-electron chi connectivity index (χ0n) is 18.2. The fourth-order valence-electron chi connectivity index (χ4n) is 3.02. The van der Waals surface area contributed by atoms with Crippen molar-refractivity contribution in [2.45, 2.75) is 52.4 Å². The van der Waals surface area contributed by atoms with Crippen molar-refractivity contribution in [2.24, 2.45) is 5.10 Å². The van der Waals surface area contributed by atoms with E-state index in [1.54, 1.807) is 10.9 Å². The molecule has 2 aromatic carbocycles. The van der Waals surface area contributed by atoms with Crippen LogP contribution in [0.2, 0.25) is 0 Å². The average molecular weight is 423 g/mol. The van der Waals surface area contributed by atoms with Crippen LogP contribution in [0.5, 0.6) is 5.75 Å². The molecular formula is C24H30N4OS. The summed E-state index contributed by atoms with van der Waals surface area (Å²) in [7, 11) is 0. The van der Waals surface area contributed by atoms with Crippen molar-refractivity contribution in [3.63, 3.8) is 0 Å². The van der Waals surface area contributed by atoms with Gasteiger partial charge in [-0.15, -0.1) is 0 Å². The molecule has 0 saturated carbocycles. The highest BCUT2D eigenvalue weighted by molar-refractivity contribution is 7.71. The van der Waals surface area contributed by atoms with E-state index in [0.717, 1.165) is 29.9 Å². The van der Waals surface area contributed by atoms with E-state index in [1.807, 2.05) is 24.3 Å². The number of nitrogens with zero attached hydrogens (tertiary/aromatic N) is 3. The summed E-state index contributed by atoms with van der Waals surface area (Å²) >= 11 is 5.37. The number of nitrogens with one attached hydrogen (secondary N) is 1. The van der Waals surface area contributed by atoms with Crippen LogP contribution in [-0.2, 0) is 5.41 Å². The van der Waals surface area contributed by atoms with Gasteiger partial charge in [0.25, 0.3) is 0 Å². The summed E-state index contributed by atoms with van der Waals surface area (Å²) in [5.41, 5.74) is 3.30. The van der Waals surface area contributed by atoms with Crippen LogP contribution < -0.4 is 4.74 Å². The van der Waals surface area contributed by atoms with Crippen LogP contribution in [-0.4, -0.2) is 27.7 Å². The molecule has 1 N–H and O–H groups in total. The third-order valence-electron chi connectivity index (χ3n) is 4.88. The second-order valence-corrected chi connectivity index (χ2v) is 8.75. The van der Waals surface area contributed by atoms with Gasteiger partial charge in [-0.1, -0.05) is 64.8 Å². The van der Waals surface area contributed by atoms with Gasteiger partial charge in [0.2, 0.25) is 4.77 Å². The van der Waals surface area contributed by atoms with Crippen LogP contribution in [0.4, 0.5) is 0 Å². The SMILES string of the molecule is CCCCCOc1ccc(/C=N\n2c(-c3ccc(C(C)(C)C)cc3)n[nH]c2=S)cc1. The molecule has 3 aromatic rings. The Morgan fingerprint density at radius 2 is 1.77 bits per heavy atom. The standard InChI is InChI=1S/C24H30N4OS/c1-5-6-7-16-29-21-14-8-18(9-15-21)17-25-28-22(26-27-23(28)30)19-10-12-20(13-11-19)24(2,3)4/h8-15,17H,5-7,16H2,1-4H3,(H,27,30)/b25-17-. The molecule has 0 fully saturated rings. The molecule has 0 aliphatic carbocycles. The first-order chi connectivity index (χ1) is 14.4. The number of hydrogen-bond acceptors (Lipinski definition) is 4. The molecule has 158 valence electrons. The van der Waals surface area contributed by atoms with E-state index in [2.05, 4.69) is 67.3 Å². The van der Waals surface area contributed by atoms with Gasteiger partial charge >= 0.3 is 0 Å². The summed E-state index contributed by atoms with van der Waals surface area (Å²) in [6.07, 6.45) is 5.24. The van der Waals surface area contributed by atoms with Gasteiger partial charge in [0, 0.05) is 5.56 Å². The van der Waals surface area contributed by atoms with Gasteiger partial charge in [-0.05, 0) is 59.4 Å². The fraction of sp³-hybridized carbons (Fsp3) is 0.375. The maximum atomic E-state index is 5.76. The van der Waals surface area contributed by atoms with Crippen molar-refractivity contribution >= 4 is 18.4 Å². The molecule has 5 nitrogen and oxygen atoms in total. The van der Waals surface area contributed by atoms with E-state index >= 15 is 0 Å². The van der Waals surface area contributed by atoms with Crippen LogP contribution >= 0.6 is 12.2 Å². The topological polar surface area (TPSA) is 55.2 Å². The second kappa shape index (κ2) is 9.85. The summed E-state index contributed by atoms with van der Waals surface area (Å²) in [5.74, 6) is 1.57. The van der Waals surface area contributed by atoms with Crippen molar-refractivity contribution in [1.82, 2.24) is 14.9 Å². The molecule has 0 radical (unpaired) electrons. The third-order valence-corrected chi connectivity index (χ3v) is 5.14. The first-order valence-corrected chi connectivity index (χ1v) is 10.8. The summed E-state index contributed by atoms with van der Waals surface area (Å²) < 4.78 is 7.87. The first kappa shape index (κ1) is 22.0. The van der Waals surface area contributed by atoms with Gasteiger partial charge in [-0.25, -0.2) is 5.10 Å². The van der Waals surface area contributed by atoms with E-state index in [-0.39, 0.29) is 5.41 Å². The second-order valence-electron chi connectivity index (χ2n) is 8.36. The number of ether oxygens (including phenoxy) is 1.